The van der Waals surface area contributed by atoms with E-state index in [0.29, 0.717) is 0 Å². The van der Waals surface area contributed by atoms with Gasteiger partial charge in [-0.3, -0.25) is 0 Å². The largest absolute Gasteiger partial charge is 0.394 e. The predicted molar refractivity (Wildman–Crippen MR) is 98.6 cm³/mol. The van der Waals surface area contributed by atoms with Gasteiger partial charge < -0.3 is 69.3 Å². The molecule has 0 bridgehead atoms. The van der Waals surface area contributed by atoms with Gasteiger partial charge in [0.15, 0.2) is 18.9 Å². The van der Waals surface area contributed by atoms with Gasteiger partial charge in [0.1, 0.15) is 61.0 Å². The summed E-state index contributed by atoms with van der Waals surface area (Å²) < 4.78 is 32.2. The number of methoxy groups -OCH3 is 1. The number of hydrogen-bond acceptors (Lipinski definition) is 14. The summed E-state index contributed by atoms with van der Waals surface area (Å²) in [6.45, 7) is 0.560. The minimum Gasteiger partial charge on any atom is -0.394 e. The van der Waals surface area contributed by atoms with Gasteiger partial charge in [0.25, 0.3) is 0 Å². The molecule has 3 rings (SSSR count). The molecular weight excluding hydrogens is 440 g/mol. The number of aliphatic hydroxyl groups excluding tert-OH is 8. The molecule has 0 spiro atoms. The maximum Gasteiger partial charge on any atom is 0.187 e. The average molecular weight is 472 g/mol. The molecular formula is C18H32O14. The first-order chi connectivity index (χ1) is 15.1. The number of rotatable bonds is 6. The van der Waals surface area contributed by atoms with Crippen LogP contribution in [0.3, 0.4) is 0 Å². The lowest BCUT2D eigenvalue weighted by molar-refractivity contribution is -0.376. The second kappa shape index (κ2) is 10.8. The maximum atomic E-state index is 10.8. The molecule has 0 saturated carbocycles. The van der Waals surface area contributed by atoms with E-state index in [0.717, 1.165) is 0 Å². The molecule has 8 N–H and O–H groups in total. The molecule has 0 unspecified atom stereocenters. The Hall–Kier alpha value is -0.560. The molecule has 3 aliphatic rings. The van der Waals surface area contributed by atoms with Crippen molar-refractivity contribution in [1.82, 2.24) is 0 Å². The molecule has 0 aromatic heterocycles. The fourth-order valence-corrected chi connectivity index (χ4v) is 3.87. The zero-order valence-electron chi connectivity index (χ0n) is 17.5. The van der Waals surface area contributed by atoms with E-state index in [1.165, 1.54) is 14.0 Å². The lowest BCUT2D eigenvalue weighted by atomic mass is 9.97. The Labute approximate surface area is 183 Å². The summed E-state index contributed by atoms with van der Waals surface area (Å²) in [4.78, 5) is 0. The first-order valence-electron chi connectivity index (χ1n) is 10.2. The van der Waals surface area contributed by atoms with E-state index >= 15 is 0 Å². The summed E-state index contributed by atoms with van der Waals surface area (Å²) in [6.07, 6.45) is -20.1. The molecule has 0 aliphatic carbocycles. The van der Waals surface area contributed by atoms with Crippen molar-refractivity contribution in [2.24, 2.45) is 0 Å². The molecule has 0 amide bonds. The van der Waals surface area contributed by atoms with Crippen molar-refractivity contribution in [3.05, 3.63) is 0 Å². The Morgan fingerprint density at radius 2 is 1.34 bits per heavy atom. The summed E-state index contributed by atoms with van der Waals surface area (Å²) in [5, 5.41) is 80.7. The monoisotopic (exact) mass is 472 g/mol. The number of ether oxygens (including phenoxy) is 6. The third kappa shape index (κ3) is 5.08. The molecule has 0 radical (unpaired) electrons. The fourth-order valence-electron chi connectivity index (χ4n) is 3.87. The third-order valence-electron chi connectivity index (χ3n) is 5.88. The van der Waals surface area contributed by atoms with Crippen LogP contribution in [0.15, 0.2) is 0 Å². The molecule has 3 saturated heterocycles. The van der Waals surface area contributed by atoms with Crippen molar-refractivity contribution in [1.29, 1.82) is 0 Å². The zero-order chi connectivity index (χ0) is 23.7. The molecule has 3 aliphatic heterocycles. The second-order valence-electron chi connectivity index (χ2n) is 8.08. The minimum absolute atomic E-state index is 0.203. The summed E-state index contributed by atoms with van der Waals surface area (Å²) in [7, 11) is 1.29. The van der Waals surface area contributed by atoms with Crippen molar-refractivity contribution in [2.45, 2.75) is 92.9 Å². The third-order valence-corrected chi connectivity index (χ3v) is 5.88. The van der Waals surface area contributed by atoms with Crippen LogP contribution in [-0.2, 0) is 28.4 Å². The van der Waals surface area contributed by atoms with E-state index in [2.05, 4.69) is 0 Å². The fraction of sp³-hybridized carbons (Fsp3) is 1.00. The van der Waals surface area contributed by atoms with Gasteiger partial charge >= 0.3 is 0 Å². The molecule has 32 heavy (non-hydrogen) atoms. The van der Waals surface area contributed by atoms with Crippen molar-refractivity contribution in [3.63, 3.8) is 0 Å². The molecule has 0 aromatic rings. The van der Waals surface area contributed by atoms with Crippen molar-refractivity contribution in [2.75, 3.05) is 20.3 Å². The maximum absolute atomic E-state index is 10.8. The highest BCUT2D eigenvalue weighted by Gasteiger charge is 2.52. The van der Waals surface area contributed by atoms with Crippen molar-refractivity contribution in [3.8, 4) is 0 Å². The molecule has 14 atom stereocenters. The molecule has 0 aromatic carbocycles. The SMILES string of the molecule is CO[C@@H]1OC[C@@H](O)[C@H](O)[C@H]1O[C@@H]1O[C@H](C)[C@H](O)[C@H](O[C@H]2O[C@H](CO)[C@H](O)[C@H](O)[C@H]2O)[C@H]1O. The van der Waals surface area contributed by atoms with Gasteiger partial charge in [0, 0.05) is 7.11 Å². The van der Waals surface area contributed by atoms with Crippen LogP contribution in [0.5, 0.6) is 0 Å². The number of aliphatic hydroxyl groups is 8. The summed E-state index contributed by atoms with van der Waals surface area (Å²) in [6, 6.07) is 0. The van der Waals surface area contributed by atoms with E-state index in [-0.39, 0.29) is 6.61 Å². The van der Waals surface area contributed by atoms with E-state index in [1.54, 1.807) is 0 Å². The average Bonchev–Trinajstić information content (AvgIpc) is 2.77. The van der Waals surface area contributed by atoms with Crippen LogP contribution >= 0.6 is 0 Å². The highest BCUT2D eigenvalue weighted by Crippen LogP contribution is 2.31. The van der Waals surface area contributed by atoms with Crippen LogP contribution in [0.1, 0.15) is 6.92 Å². The van der Waals surface area contributed by atoms with Gasteiger partial charge in [0.2, 0.25) is 0 Å². The Kier molecular flexibility index (Phi) is 8.79. The van der Waals surface area contributed by atoms with Gasteiger partial charge in [-0.25, -0.2) is 0 Å². The van der Waals surface area contributed by atoms with Crippen LogP contribution < -0.4 is 0 Å². The molecule has 3 fully saturated rings. The van der Waals surface area contributed by atoms with E-state index in [9.17, 15) is 40.9 Å². The van der Waals surface area contributed by atoms with Crippen LogP contribution in [0.4, 0.5) is 0 Å². The smallest absolute Gasteiger partial charge is 0.187 e. The van der Waals surface area contributed by atoms with Crippen molar-refractivity contribution < 1.29 is 69.3 Å². The van der Waals surface area contributed by atoms with E-state index in [1.807, 2.05) is 0 Å². The molecule has 3 heterocycles. The Bertz CT molecular complexity index is 592. The molecule has 188 valence electrons. The second-order valence-corrected chi connectivity index (χ2v) is 8.08. The normalized spacial score (nSPS) is 52.7. The number of hydrogen-bond donors (Lipinski definition) is 8. The molecule has 14 nitrogen and oxygen atoms in total. The summed E-state index contributed by atoms with van der Waals surface area (Å²) in [5.41, 5.74) is 0. The van der Waals surface area contributed by atoms with Crippen molar-refractivity contribution >= 4 is 0 Å². The first-order valence-corrected chi connectivity index (χ1v) is 10.2. The predicted octanol–water partition coefficient (Wildman–Crippen LogP) is -5.25. The van der Waals surface area contributed by atoms with Gasteiger partial charge in [-0.1, -0.05) is 0 Å². The highest BCUT2D eigenvalue weighted by atomic mass is 16.8. The van der Waals surface area contributed by atoms with Crippen LogP contribution in [0.25, 0.3) is 0 Å². The Balaban J connectivity index is 1.74. The van der Waals surface area contributed by atoms with Gasteiger partial charge in [-0.05, 0) is 6.92 Å². The van der Waals surface area contributed by atoms with Gasteiger partial charge in [-0.2, -0.15) is 0 Å². The van der Waals surface area contributed by atoms with Gasteiger partial charge in [-0.15, -0.1) is 0 Å². The molecule has 14 heteroatoms. The zero-order valence-corrected chi connectivity index (χ0v) is 17.5. The van der Waals surface area contributed by atoms with E-state index < -0.39 is 92.6 Å². The lowest BCUT2D eigenvalue weighted by Crippen LogP contribution is -2.65. The Morgan fingerprint density at radius 3 is 1.97 bits per heavy atom. The highest BCUT2D eigenvalue weighted by molar-refractivity contribution is 4.94. The summed E-state index contributed by atoms with van der Waals surface area (Å²) in [5.74, 6) is 0. The van der Waals surface area contributed by atoms with Crippen LogP contribution in [0.2, 0.25) is 0 Å². The first kappa shape index (κ1) is 26.1. The van der Waals surface area contributed by atoms with E-state index in [4.69, 9.17) is 28.4 Å². The standard InChI is InChI=1S/C18H32O14/c1-5-8(21)14(31-16-12(25)11(24)10(23)7(3-19)30-16)13(26)17(29-5)32-15-9(22)6(20)4-28-18(15)27-2/h5-26H,3-4H2,1-2H3/t5-,6-,7-,8+,9+,10+,11+,12-,13-,14+,15-,16-,17+,18-/m1/s1. The Morgan fingerprint density at radius 1 is 0.719 bits per heavy atom. The van der Waals surface area contributed by atoms with Crippen LogP contribution in [-0.4, -0.2) is 147 Å². The quantitative estimate of drug-likeness (QED) is 0.181. The lowest BCUT2D eigenvalue weighted by Gasteiger charge is -2.47. The van der Waals surface area contributed by atoms with Crippen LogP contribution in [0, 0.1) is 0 Å². The minimum atomic E-state index is -1.76. The topological polar surface area (TPSA) is 217 Å². The summed E-state index contributed by atoms with van der Waals surface area (Å²) >= 11 is 0. The van der Waals surface area contributed by atoms with Gasteiger partial charge in [0.05, 0.1) is 19.3 Å².